The molecule has 5 aromatic heterocycles. The summed E-state index contributed by atoms with van der Waals surface area (Å²) in [7, 11) is 4.78. The maximum Gasteiger partial charge on any atom is 0.338 e. The average Bonchev–Trinajstić information content (AvgIpc) is 4.04. The Kier molecular flexibility index (Phi) is 21.4. The van der Waals surface area contributed by atoms with Crippen molar-refractivity contribution in [2.75, 3.05) is 32.0 Å². The summed E-state index contributed by atoms with van der Waals surface area (Å²) in [6.07, 6.45) is 0. The second kappa shape index (κ2) is 29.0. The maximum atomic E-state index is 12.7. The number of methoxy groups -OCH3 is 3. The first-order valence-electron chi connectivity index (χ1n) is 24.5. The van der Waals surface area contributed by atoms with Crippen molar-refractivity contribution in [1.82, 2.24) is 30.1 Å². The topological polar surface area (TPSA) is 238 Å². The maximum absolute atomic E-state index is 12.7. The van der Waals surface area contributed by atoms with Crippen molar-refractivity contribution in [2.24, 2.45) is 0 Å². The lowest BCUT2D eigenvalue weighted by Crippen LogP contribution is -2.06. The second-order valence-corrected chi connectivity index (χ2v) is 19.2. The number of aromatic carboxylic acids is 1. The molecular formula is C61H47Cl5N8O9. The highest BCUT2D eigenvalue weighted by atomic mass is 35.5. The molecule has 0 aliphatic carbocycles. The smallest absolute Gasteiger partial charge is 0.338 e. The van der Waals surface area contributed by atoms with Gasteiger partial charge in [-0.05, 0) is 146 Å². The van der Waals surface area contributed by atoms with Gasteiger partial charge in [0, 0.05) is 58.4 Å². The zero-order valence-corrected chi connectivity index (χ0v) is 48.3. The molecule has 10 aromatic rings. The van der Waals surface area contributed by atoms with Crippen LogP contribution < -0.4 is 24.8 Å². The van der Waals surface area contributed by atoms with Crippen LogP contribution in [0.5, 0.6) is 17.2 Å². The minimum absolute atomic E-state index is 0.0453. The summed E-state index contributed by atoms with van der Waals surface area (Å²) in [4.78, 5) is 74.1. The molecule has 0 aliphatic heterocycles. The minimum atomic E-state index is -1.11. The van der Waals surface area contributed by atoms with Crippen LogP contribution in [0.2, 0.25) is 25.8 Å². The molecule has 4 N–H and O–H groups in total. The number of aromatic nitrogens is 6. The largest absolute Gasteiger partial charge is 0.497 e. The molecule has 0 unspecified atom stereocenters. The number of rotatable bonds is 13. The van der Waals surface area contributed by atoms with Gasteiger partial charge in [-0.3, -0.25) is 24.3 Å². The van der Waals surface area contributed by atoms with Crippen LogP contribution in [0.1, 0.15) is 56.0 Å². The van der Waals surface area contributed by atoms with E-state index in [1.54, 1.807) is 100 Å². The molecule has 2 amide bonds. The van der Waals surface area contributed by atoms with Crippen LogP contribution in [0.25, 0.3) is 44.8 Å². The Morgan fingerprint density at radius 1 is 0.458 bits per heavy atom. The summed E-state index contributed by atoms with van der Waals surface area (Å²) >= 11 is 28.7. The van der Waals surface area contributed by atoms with E-state index in [2.05, 4.69) is 40.8 Å². The van der Waals surface area contributed by atoms with Crippen LogP contribution in [0.3, 0.4) is 0 Å². The number of ketones is 2. The number of H-pyrrole nitrogens is 1. The number of amides is 2. The van der Waals surface area contributed by atoms with Crippen molar-refractivity contribution in [3.8, 4) is 51.0 Å². The Bertz CT molecular complexity index is 3980. The Balaban J connectivity index is 0.000000167. The number of carboxylic acid groups (broad SMARTS) is 1. The number of anilines is 2. The van der Waals surface area contributed by atoms with Gasteiger partial charge in [-0.1, -0.05) is 82.3 Å². The zero-order chi connectivity index (χ0) is 59.7. The summed E-state index contributed by atoms with van der Waals surface area (Å²) in [5, 5.41) is 22.9. The fourth-order valence-corrected chi connectivity index (χ4v) is 8.76. The number of fused-ring (bicyclic) bond motifs is 1. The van der Waals surface area contributed by atoms with Gasteiger partial charge >= 0.3 is 5.97 Å². The van der Waals surface area contributed by atoms with Gasteiger partial charge in [0.05, 0.1) is 55.1 Å². The summed E-state index contributed by atoms with van der Waals surface area (Å²) < 4.78 is 15.3. The van der Waals surface area contributed by atoms with Gasteiger partial charge in [-0.2, -0.15) is 5.10 Å². The van der Waals surface area contributed by atoms with Gasteiger partial charge in [0.2, 0.25) is 11.8 Å². The second-order valence-electron chi connectivity index (χ2n) is 17.3. The highest BCUT2D eigenvalue weighted by Crippen LogP contribution is 2.31. The molecule has 5 heterocycles. The Hall–Kier alpha value is -9.23. The number of ether oxygens (including phenoxy) is 3. The van der Waals surface area contributed by atoms with Crippen LogP contribution in [0.4, 0.5) is 11.4 Å². The molecule has 83 heavy (non-hydrogen) atoms. The molecule has 17 nitrogen and oxygen atoms in total. The molecule has 0 spiro atoms. The Morgan fingerprint density at radius 2 is 0.867 bits per heavy atom. The number of carbonyl (C=O) groups excluding carboxylic acids is 4. The van der Waals surface area contributed by atoms with Crippen LogP contribution >= 0.6 is 58.0 Å². The highest BCUT2D eigenvalue weighted by molar-refractivity contribution is 6.36. The van der Waals surface area contributed by atoms with Crippen LogP contribution in [0, 0.1) is 0 Å². The number of halogens is 5. The summed E-state index contributed by atoms with van der Waals surface area (Å²) in [5.74, 6) is 0.379. The number of benzene rings is 5. The van der Waals surface area contributed by atoms with Gasteiger partial charge in [-0.15, -0.1) is 0 Å². The van der Waals surface area contributed by atoms with Crippen LogP contribution in [-0.2, 0) is 9.59 Å². The molecule has 22 heteroatoms. The van der Waals surface area contributed by atoms with Gasteiger partial charge in [0.15, 0.2) is 17.2 Å². The number of nitrogens with zero attached hydrogens (tertiary/aromatic N) is 5. The van der Waals surface area contributed by atoms with Crippen molar-refractivity contribution in [3.05, 3.63) is 223 Å². The SMILES string of the molecule is COc1ccc(-c2[nH]nc3nc(-c4cccc(NC(C)=O)c4)ccc23)cc1.COc1ccc(C(=O)c2ccc(-c3cccc(NC(C)=O)c3)nc2Cl)cc1.COc1ccc(C(=O)c2ccc(Cl)nc2Cl)cc1.O=C(O)c1ccc(Cl)nc1Cl. The van der Waals surface area contributed by atoms with Crippen molar-refractivity contribution in [2.45, 2.75) is 13.8 Å². The zero-order valence-electron chi connectivity index (χ0n) is 44.5. The third kappa shape index (κ3) is 16.7. The number of nitrogens with one attached hydrogen (secondary N) is 3. The van der Waals surface area contributed by atoms with E-state index in [9.17, 15) is 24.0 Å². The third-order valence-electron chi connectivity index (χ3n) is 11.7. The molecule has 0 bridgehead atoms. The minimum Gasteiger partial charge on any atom is -0.497 e. The molecule has 0 radical (unpaired) electrons. The Morgan fingerprint density at radius 3 is 1.29 bits per heavy atom. The molecule has 0 atom stereocenters. The highest BCUT2D eigenvalue weighted by Gasteiger charge is 2.18. The molecule has 0 aliphatic rings. The molecule has 5 aromatic carbocycles. The number of aromatic amines is 1. The number of carbonyl (C=O) groups is 5. The number of hydrogen-bond acceptors (Lipinski definition) is 13. The first kappa shape index (κ1) is 61.4. The van der Waals surface area contributed by atoms with E-state index >= 15 is 0 Å². The van der Waals surface area contributed by atoms with E-state index in [1.807, 2.05) is 72.8 Å². The normalized spacial score (nSPS) is 10.3. The third-order valence-corrected chi connectivity index (χ3v) is 12.9. The predicted molar refractivity (Wildman–Crippen MR) is 323 cm³/mol. The lowest BCUT2D eigenvalue weighted by Gasteiger charge is -2.08. The summed E-state index contributed by atoms with van der Waals surface area (Å²) in [6.45, 7) is 2.93. The van der Waals surface area contributed by atoms with Crippen LogP contribution in [0.15, 0.2) is 170 Å². The van der Waals surface area contributed by atoms with Crippen molar-refractivity contribution >= 4 is 110 Å². The Labute approximate surface area is 500 Å². The van der Waals surface area contributed by atoms with Crippen molar-refractivity contribution < 1.29 is 43.3 Å². The first-order valence-corrected chi connectivity index (χ1v) is 26.4. The lowest BCUT2D eigenvalue weighted by molar-refractivity contribution is -0.115. The van der Waals surface area contributed by atoms with Gasteiger partial charge in [0.25, 0.3) is 0 Å². The summed E-state index contributed by atoms with van der Waals surface area (Å²) in [6, 6.07) is 49.3. The fraction of sp³-hybridized carbons (Fsp3) is 0.0820. The van der Waals surface area contributed by atoms with E-state index in [-0.39, 0.29) is 54.7 Å². The fourth-order valence-electron chi connectivity index (χ4n) is 7.67. The molecule has 0 saturated heterocycles. The van der Waals surface area contributed by atoms with Gasteiger partial charge < -0.3 is 30.0 Å². The van der Waals surface area contributed by atoms with E-state index in [4.69, 9.17) is 77.3 Å². The monoisotopic (exact) mass is 1210 g/mol. The summed E-state index contributed by atoms with van der Waals surface area (Å²) in [5.41, 5.74) is 8.69. The van der Waals surface area contributed by atoms with Gasteiger partial charge in [-0.25, -0.2) is 24.7 Å². The standard InChI is InChI=1S/C21H17ClN2O3.C21H18N4O2.C13H9Cl2NO2.C6H3Cl2NO2/c1-13(25)23-16-5-3-4-15(12-16)19-11-10-18(21(22)24-19)20(26)14-6-8-17(27-2)9-7-14;1-13(26)22-16-5-3-4-15(12-16)19-11-10-18-20(24-25-21(18)23-19)14-6-8-17(27-2)9-7-14;1-18-9-4-2-8(3-5-9)12(17)10-6-7-11(14)16-13(10)15;7-4-2-1-3(6(10)11)5(8)9-4/h3-12H,1-2H3,(H,23,25);3-12H,1-2H3,(H,22,26)(H,23,24,25);2-7H,1H3;1-2H,(H,10,11). The van der Waals surface area contributed by atoms with Gasteiger partial charge in [0.1, 0.15) is 43.0 Å². The molecular weight excluding hydrogens is 1170 g/mol. The number of hydrogen-bond donors (Lipinski definition) is 4. The van der Waals surface area contributed by atoms with E-state index < -0.39 is 5.97 Å². The first-order chi connectivity index (χ1) is 39.8. The quantitative estimate of drug-likeness (QED) is 0.0621. The average molecular weight is 1210 g/mol. The molecule has 0 saturated carbocycles. The van der Waals surface area contributed by atoms with Crippen LogP contribution in [-0.4, -0.2) is 85.9 Å². The number of pyridine rings is 4. The number of carboxylic acids is 1. The molecule has 10 rings (SSSR count). The van der Waals surface area contributed by atoms with Crippen molar-refractivity contribution in [1.29, 1.82) is 0 Å². The van der Waals surface area contributed by atoms with Crippen molar-refractivity contribution in [3.63, 3.8) is 0 Å². The van der Waals surface area contributed by atoms with E-state index in [0.29, 0.717) is 50.8 Å². The predicted octanol–water partition coefficient (Wildman–Crippen LogP) is 14.6. The van der Waals surface area contributed by atoms with E-state index in [1.165, 1.54) is 32.0 Å². The lowest BCUT2D eigenvalue weighted by atomic mass is 10.0. The molecule has 0 fully saturated rings. The van der Waals surface area contributed by atoms with E-state index in [0.717, 1.165) is 44.9 Å². The molecule has 420 valence electrons.